The third kappa shape index (κ3) is 2.71. The van der Waals surface area contributed by atoms with Crippen LogP contribution in [-0.2, 0) is 0 Å². The van der Waals surface area contributed by atoms with Gasteiger partial charge in [0.1, 0.15) is 11.6 Å². The Kier molecular flexibility index (Phi) is 4.32. The van der Waals surface area contributed by atoms with Gasteiger partial charge in [0, 0.05) is 10.4 Å². The average Bonchev–Trinajstić information content (AvgIpc) is 2.85. The third-order valence-corrected chi connectivity index (χ3v) is 3.81. The van der Waals surface area contributed by atoms with E-state index in [9.17, 15) is 8.78 Å². The molecule has 5 heteroatoms. The van der Waals surface area contributed by atoms with Crippen molar-refractivity contribution in [2.75, 3.05) is 6.54 Å². The molecule has 0 aliphatic carbocycles. The standard InChI is InChI=1S/C13H12ClF2NS/c1-2-17-13(12-4-3-5-18-12)8-6-11(16)9(14)7-10(8)15/h3-7,13,17H,2H2,1H3. The SMILES string of the molecule is CCNC(c1cccs1)c1cc(F)c(Cl)cc1F. The van der Waals surface area contributed by atoms with E-state index < -0.39 is 11.6 Å². The van der Waals surface area contributed by atoms with Gasteiger partial charge in [-0.15, -0.1) is 11.3 Å². The van der Waals surface area contributed by atoms with E-state index >= 15 is 0 Å². The van der Waals surface area contributed by atoms with Crippen molar-refractivity contribution in [3.8, 4) is 0 Å². The molecule has 0 bridgehead atoms. The topological polar surface area (TPSA) is 12.0 Å². The molecule has 2 rings (SSSR count). The molecular weight excluding hydrogens is 276 g/mol. The smallest absolute Gasteiger partial charge is 0.142 e. The average molecular weight is 288 g/mol. The van der Waals surface area contributed by atoms with Gasteiger partial charge in [0.2, 0.25) is 0 Å². The predicted octanol–water partition coefficient (Wildman–Crippen LogP) is 4.38. The summed E-state index contributed by atoms with van der Waals surface area (Å²) in [6, 6.07) is 5.61. The number of thiophene rings is 1. The molecule has 1 aromatic heterocycles. The highest BCUT2D eigenvalue weighted by atomic mass is 35.5. The lowest BCUT2D eigenvalue weighted by Gasteiger charge is -2.18. The Labute approximate surface area is 113 Å². The molecule has 1 heterocycles. The first-order valence-corrected chi connectivity index (χ1v) is 6.80. The molecule has 18 heavy (non-hydrogen) atoms. The fourth-order valence-electron chi connectivity index (χ4n) is 1.78. The predicted molar refractivity (Wildman–Crippen MR) is 71.2 cm³/mol. The van der Waals surface area contributed by atoms with Crippen LogP contribution >= 0.6 is 22.9 Å². The highest BCUT2D eigenvalue weighted by Crippen LogP contribution is 2.30. The van der Waals surface area contributed by atoms with Gasteiger partial charge in [-0.05, 0) is 30.1 Å². The zero-order valence-electron chi connectivity index (χ0n) is 9.71. The molecule has 1 unspecified atom stereocenters. The summed E-state index contributed by atoms with van der Waals surface area (Å²) >= 11 is 7.06. The van der Waals surface area contributed by atoms with Crippen molar-refractivity contribution in [3.05, 3.63) is 56.7 Å². The van der Waals surface area contributed by atoms with Gasteiger partial charge in [-0.1, -0.05) is 24.6 Å². The maximum absolute atomic E-state index is 13.9. The first kappa shape index (κ1) is 13.5. The Balaban J connectivity index is 2.46. The van der Waals surface area contributed by atoms with Crippen LogP contribution in [0.25, 0.3) is 0 Å². The van der Waals surface area contributed by atoms with Gasteiger partial charge >= 0.3 is 0 Å². The molecule has 0 aliphatic rings. The monoisotopic (exact) mass is 287 g/mol. The highest BCUT2D eigenvalue weighted by Gasteiger charge is 2.20. The Morgan fingerprint density at radius 2 is 2.11 bits per heavy atom. The lowest BCUT2D eigenvalue weighted by molar-refractivity contribution is 0.548. The highest BCUT2D eigenvalue weighted by molar-refractivity contribution is 7.10. The first-order chi connectivity index (χ1) is 8.63. The molecule has 0 spiro atoms. The second-order valence-corrected chi connectivity index (χ2v) is 5.18. The summed E-state index contributed by atoms with van der Waals surface area (Å²) in [5, 5.41) is 4.86. The minimum absolute atomic E-state index is 0.197. The molecule has 0 fully saturated rings. The molecule has 0 saturated carbocycles. The number of hydrogen-bond acceptors (Lipinski definition) is 2. The van der Waals surface area contributed by atoms with E-state index in [0.29, 0.717) is 6.54 Å². The lowest BCUT2D eigenvalue weighted by Crippen LogP contribution is -2.22. The van der Waals surface area contributed by atoms with E-state index in [2.05, 4.69) is 5.32 Å². The Morgan fingerprint density at radius 3 is 2.72 bits per heavy atom. The van der Waals surface area contributed by atoms with Crippen LogP contribution in [0.2, 0.25) is 5.02 Å². The van der Waals surface area contributed by atoms with Crippen LogP contribution in [0.3, 0.4) is 0 Å². The fraction of sp³-hybridized carbons (Fsp3) is 0.231. The van der Waals surface area contributed by atoms with Gasteiger partial charge in [-0.3, -0.25) is 0 Å². The van der Waals surface area contributed by atoms with Gasteiger partial charge in [-0.2, -0.15) is 0 Å². The molecule has 1 aromatic carbocycles. The van der Waals surface area contributed by atoms with Crippen LogP contribution in [-0.4, -0.2) is 6.54 Å². The zero-order chi connectivity index (χ0) is 13.1. The first-order valence-electron chi connectivity index (χ1n) is 5.54. The van der Waals surface area contributed by atoms with Crippen LogP contribution in [0.1, 0.15) is 23.4 Å². The zero-order valence-corrected chi connectivity index (χ0v) is 11.3. The van der Waals surface area contributed by atoms with E-state index in [0.717, 1.165) is 17.0 Å². The molecule has 1 nitrogen and oxygen atoms in total. The summed E-state index contributed by atoms with van der Waals surface area (Å²) in [7, 11) is 0. The summed E-state index contributed by atoms with van der Waals surface area (Å²) < 4.78 is 27.4. The van der Waals surface area contributed by atoms with Crippen molar-refractivity contribution < 1.29 is 8.78 Å². The van der Waals surface area contributed by atoms with Crippen molar-refractivity contribution >= 4 is 22.9 Å². The molecule has 0 saturated heterocycles. The number of nitrogens with one attached hydrogen (secondary N) is 1. The fourth-order valence-corrected chi connectivity index (χ4v) is 2.75. The van der Waals surface area contributed by atoms with Crippen LogP contribution in [0, 0.1) is 11.6 Å². The number of halogens is 3. The van der Waals surface area contributed by atoms with E-state index in [1.807, 2.05) is 24.4 Å². The van der Waals surface area contributed by atoms with E-state index in [1.165, 1.54) is 11.3 Å². The molecule has 1 N–H and O–H groups in total. The molecule has 2 aromatic rings. The second kappa shape index (κ2) is 5.78. The minimum atomic E-state index is -0.604. The van der Waals surface area contributed by atoms with Crippen LogP contribution < -0.4 is 5.32 Å². The summed E-state index contributed by atoms with van der Waals surface area (Å²) in [5.41, 5.74) is 0.279. The minimum Gasteiger partial charge on any atom is -0.306 e. The summed E-state index contributed by atoms with van der Waals surface area (Å²) in [5.74, 6) is -1.10. The van der Waals surface area contributed by atoms with Gasteiger partial charge in [0.05, 0.1) is 11.1 Å². The lowest BCUT2D eigenvalue weighted by atomic mass is 10.0. The third-order valence-electron chi connectivity index (χ3n) is 2.59. The Bertz CT molecular complexity index is 528. The summed E-state index contributed by atoms with van der Waals surface area (Å²) in [4.78, 5) is 0.942. The Hall–Kier alpha value is -0.970. The van der Waals surface area contributed by atoms with Crippen molar-refractivity contribution in [1.82, 2.24) is 5.32 Å². The second-order valence-electron chi connectivity index (χ2n) is 3.79. The van der Waals surface area contributed by atoms with Gasteiger partial charge in [0.15, 0.2) is 0 Å². The number of rotatable bonds is 4. The number of benzene rings is 1. The molecule has 96 valence electrons. The van der Waals surface area contributed by atoms with Crippen molar-refractivity contribution in [1.29, 1.82) is 0 Å². The summed E-state index contributed by atoms with van der Waals surface area (Å²) in [6.07, 6.45) is 0. The quantitative estimate of drug-likeness (QED) is 0.823. The number of hydrogen-bond donors (Lipinski definition) is 1. The maximum atomic E-state index is 13.9. The van der Waals surface area contributed by atoms with Crippen molar-refractivity contribution in [2.45, 2.75) is 13.0 Å². The van der Waals surface area contributed by atoms with Gasteiger partial charge in [0.25, 0.3) is 0 Å². The van der Waals surface area contributed by atoms with E-state index in [4.69, 9.17) is 11.6 Å². The summed E-state index contributed by atoms with van der Waals surface area (Å²) in [6.45, 7) is 2.58. The largest absolute Gasteiger partial charge is 0.306 e. The Morgan fingerprint density at radius 1 is 1.33 bits per heavy atom. The van der Waals surface area contributed by atoms with Crippen molar-refractivity contribution in [3.63, 3.8) is 0 Å². The van der Waals surface area contributed by atoms with Crippen LogP contribution in [0.4, 0.5) is 8.78 Å². The molecule has 0 radical (unpaired) electrons. The van der Waals surface area contributed by atoms with Crippen molar-refractivity contribution in [2.24, 2.45) is 0 Å². The normalized spacial score (nSPS) is 12.7. The molecule has 1 atom stereocenters. The van der Waals surface area contributed by atoms with Crippen LogP contribution in [0.15, 0.2) is 29.6 Å². The van der Waals surface area contributed by atoms with Gasteiger partial charge < -0.3 is 5.32 Å². The van der Waals surface area contributed by atoms with E-state index in [-0.39, 0.29) is 16.6 Å². The molecule has 0 amide bonds. The molecule has 0 aliphatic heterocycles. The van der Waals surface area contributed by atoms with Gasteiger partial charge in [-0.25, -0.2) is 8.78 Å². The maximum Gasteiger partial charge on any atom is 0.142 e. The van der Waals surface area contributed by atoms with Crippen LogP contribution in [0.5, 0.6) is 0 Å². The molecular formula is C13H12ClF2NS. The van der Waals surface area contributed by atoms with E-state index in [1.54, 1.807) is 0 Å².